The van der Waals surface area contributed by atoms with Crippen LogP contribution in [0.25, 0.3) is 120 Å². The summed E-state index contributed by atoms with van der Waals surface area (Å²) in [6.07, 6.45) is 0. The molecule has 0 spiro atoms. The lowest BCUT2D eigenvalue weighted by Gasteiger charge is -2.23. The van der Waals surface area contributed by atoms with Crippen molar-refractivity contribution in [2.45, 2.75) is 0 Å². The van der Waals surface area contributed by atoms with E-state index in [1.807, 2.05) is 60.7 Å². The molecule has 6 nitrogen and oxygen atoms in total. The molecule has 3 heterocycles. The van der Waals surface area contributed by atoms with Crippen LogP contribution >= 0.6 is 0 Å². The predicted octanol–water partition coefficient (Wildman–Crippen LogP) is 14.7. The first-order chi connectivity index (χ1) is 31.2. The van der Waals surface area contributed by atoms with Crippen LogP contribution in [0, 0.1) is 29.2 Å². The molecule has 0 atom stereocenters. The summed E-state index contributed by atoms with van der Waals surface area (Å²) in [5.41, 5.74) is 7.11. The highest BCUT2D eigenvalue weighted by Crippen LogP contribution is 2.50. The molecule has 10 aromatic carbocycles. The molecule has 0 amide bonds. The second-order valence-electron chi connectivity index (χ2n) is 16.1. The first kappa shape index (κ1) is 34.7. The van der Waals surface area contributed by atoms with Gasteiger partial charge >= 0.3 is 0 Å². The van der Waals surface area contributed by atoms with E-state index in [4.69, 9.17) is 0 Å². The number of nitriles is 2. The van der Waals surface area contributed by atoms with Crippen molar-refractivity contribution in [3.8, 4) is 29.2 Å². The first-order valence-corrected chi connectivity index (χ1v) is 20.9. The van der Waals surface area contributed by atoms with Crippen LogP contribution in [0.2, 0.25) is 0 Å². The van der Waals surface area contributed by atoms with Gasteiger partial charge in [-0.3, -0.25) is 0 Å². The third-order valence-corrected chi connectivity index (χ3v) is 13.1. The van der Waals surface area contributed by atoms with Crippen molar-refractivity contribution in [3.63, 3.8) is 0 Å². The average molecular weight is 799 g/mol. The van der Waals surface area contributed by atoms with E-state index in [1.165, 1.54) is 0 Å². The van der Waals surface area contributed by atoms with E-state index in [1.54, 1.807) is 0 Å². The minimum Gasteiger partial charge on any atom is -0.317 e. The molecule has 0 fully saturated rings. The first-order valence-electron chi connectivity index (χ1n) is 20.9. The van der Waals surface area contributed by atoms with E-state index in [9.17, 15) is 17.1 Å². The van der Waals surface area contributed by atoms with Gasteiger partial charge in [-0.2, -0.15) is 10.5 Å². The van der Waals surface area contributed by atoms with Gasteiger partial charge in [0.15, 0.2) is 0 Å². The third kappa shape index (κ3) is 4.52. The zero-order valence-electron chi connectivity index (χ0n) is 33.5. The summed E-state index contributed by atoms with van der Waals surface area (Å²) in [7, 11) is 0. The van der Waals surface area contributed by atoms with Crippen LogP contribution in [0.1, 0.15) is 11.1 Å². The smallest absolute Gasteiger partial charge is 0.236 e. The van der Waals surface area contributed by atoms with Crippen LogP contribution < -0.4 is 0 Å². The van der Waals surface area contributed by atoms with Gasteiger partial charge in [-0.1, -0.05) is 146 Å². The third-order valence-electron chi connectivity index (χ3n) is 13.1. The van der Waals surface area contributed by atoms with Crippen LogP contribution in [0.4, 0.5) is 5.69 Å². The molecule has 0 N–H and O–H groups in total. The summed E-state index contributed by atoms with van der Waals surface area (Å²) < 4.78 is 6.30. The van der Waals surface area contributed by atoms with Gasteiger partial charge in [0, 0.05) is 32.3 Å². The maximum Gasteiger partial charge on any atom is 0.236 e. The van der Waals surface area contributed by atoms with Gasteiger partial charge in [0.1, 0.15) is 12.1 Å². The lowest BCUT2D eigenvalue weighted by atomic mass is 9.99. The topological polar surface area (TPSA) is 66.7 Å². The van der Waals surface area contributed by atoms with Gasteiger partial charge in [0.25, 0.3) is 0 Å². The summed E-state index contributed by atoms with van der Waals surface area (Å²) in [5.74, 6) is 0. The lowest BCUT2D eigenvalue weighted by Crippen LogP contribution is -2.11. The predicted molar refractivity (Wildman–Crippen MR) is 258 cm³/mol. The Kier molecular flexibility index (Phi) is 7.12. The van der Waals surface area contributed by atoms with Gasteiger partial charge < -0.3 is 13.7 Å². The van der Waals surface area contributed by atoms with Crippen molar-refractivity contribution in [1.29, 1.82) is 10.5 Å². The number of para-hydroxylation sites is 3. The molecule has 0 radical (unpaired) electrons. The van der Waals surface area contributed by atoms with Crippen molar-refractivity contribution in [3.05, 3.63) is 205 Å². The van der Waals surface area contributed by atoms with Crippen LogP contribution in [-0.2, 0) is 0 Å². The van der Waals surface area contributed by atoms with E-state index < -0.39 is 0 Å². The second-order valence-corrected chi connectivity index (χ2v) is 16.1. The van der Waals surface area contributed by atoms with Crippen molar-refractivity contribution in [2.75, 3.05) is 0 Å². The Morgan fingerprint density at radius 1 is 0.333 bits per heavy atom. The fourth-order valence-corrected chi connectivity index (χ4v) is 10.6. The fourth-order valence-electron chi connectivity index (χ4n) is 10.6. The molecule has 0 aliphatic carbocycles. The largest absolute Gasteiger partial charge is 0.317 e. The van der Waals surface area contributed by atoms with Crippen LogP contribution in [0.15, 0.2) is 182 Å². The van der Waals surface area contributed by atoms with Crippen LogP contribution in [0.3, 0.4) is 0 Å². The molecule has 13 aromatic rings. The van der Waals surface area contributed by atoms with Gasteiger partial charge in [-0.15, -0.1) is 0 Å². The molecule has 13 rings (SSSR count). The molecule has 0 bridgehead atoms. The molecule has 0 aliphatic heterocycles. The standard InChI is InChI=1S/C57H30N6/c1-60-54-56(62-46-24-12-9-21-41(46)52-38-18-6-3-15-35(38)27-30-49(52)62)43(32-58)55(61-45-23-11-8-20-40(45)51-37-17-5-2-14-34(37)26-29-48(51)61)44(33-59)57(54)63-47-25-13-10-22-42(47)53-39-19-7-4-16-36(39)28-31-50(53)63/h2-31H. The Bertz CT molecular complexity index is 3850. The summed E-state index contributed by atoms with van der Waals surface area (Å²) >= 11 is 0. The number of fused-ring (bicyclic) bond motifs is 15. The monoisotopic (exact) mass is 798 g/mol. The maximum absolute atomic E-state index is 11.9. The van der Waals surface area contributed by atoms with Crippen molar-refractivity contribution in [1.82, 2.24) is 13.7 Å². The number of aromatic nitrogens is 3. The number of nitrogens with zero attached hydrogens (tertiary/aromatic N) is 6. The Balaban J connectivity index is 1.32. The van der Waals surface area contributed by atoms with Crippen LogP contribution in [-0.4, -0.2) is 13.7 Å². The van der Waals surface area contributed by atoms with Crippen molar-refractivity contribution >= 4 is 103 Å². The Labute approximate surface area is 359 Å². The molecule has 288 valence electrons. The van der Waals surface area contributed by atoms with Crippen LogP contribution in [0.5, 0.6) is 0 Å². The lowest BCUT2D eigenvalue weighted by molar-refractivity contribution is 1.08. The molecular weight excluding hydrogens is 769 g/mol. The number of hydrogen-bond acceptors (Lipinski definition) is 2. The molecule has 0 unspecified atom stereocenters. The highest BCUT2D eigenvalue weighted by Gasteiger charge is 2.33. The second kappa shape index (κ2) is 12.9. The van der Waals surface area contributed by atoms with E-state index in [-0.39, 0.29) is 16.8 Å². The SMILES string of the molecule is [C-]#[N+]c1c(-n2c3ccccc3c3c4ccccc4ccc32)c(C#N)c(-n2c3ccccc3c3c4ccccc4ccc32)c(C#N)c1-n1c2ccccc2c2c3ccccc3ccc21. The quantitative estimate of drug-likeness (QED) is 0.167. The summed E-state index contributed by atoms with van der Waals surface area (Å²) in [5, 5.41) is 36.3. The highest BCUT2D eigenvalue weighted by atomic mass is 15.1. The molecule has 0 saturated carbocycles. The summed E-state index contributed by atoms with van der Waals surface area (Å²) in [6.45, 7) is 9.24. The van der Waals surface area contributed by atoms with Gasteiger partial charge in [-0.05, 0) is 68.7 Å². The van der Waals surface area contributed by atoms with Gasteiger partial charge in [-0.25, -0.2) is 4.85 Å². The van der Waals surface area contributed by atoms with Gasteiger partial charge in [0.2, 0.25) is 5.69 Å². The maximum atomic E-state index is 11.9. The Morgan fingerprint density at radius 2 is 0.635 bits per heavy atom. The molecule has 63 heavy (non-hydrogen) atoms. The normalized spacial score (nSPS) is 11.8. The Hall–Kier alpha value is -9.15. The van der Waals surface area contributed by atoms with E-state index in [0.717, 1.165) is 97.7 Å². The number of benzene rings is 10. The minimum absolute atomic E-state index is 0.213. The highest BCUT2D eigenvalue weighted by molar-refractivity contribution is 6.25. The average Bonchev–Trinajstić information content (AvgIpc) is 3.99. The van der Waals surface area contributed by atoms with E-state index in [0.29, 0.717) is 17.1 Å². The molecular formula is C57H30N6. The van der Waals surface area contributed by atoms with E-state index in [2.05, 4.69) is 152 Å². The molecule has 0 saturated heterocycles. The van der Waals surface area contributed by atoms with Gasteiger partial charge in [0.05, 0.1) is 67.9 Å². The number of hydrogen-bond donors (Lipinski definition) is 0. The Morgan fingerprint density at radius 3 is 0.968 bits per heavy atom. The van der Waals surface area contributed by atoms with E-state index >= 15 is 0 Å². The summed E-state index contributed by atoms with van der Waals surface area (Å²) in [6, 6.07) is 67.6. The summed E-state index contributed by atoms with van der Waals surface area (Å²) in [4.78, 5) is 4.44. The minimum atomic E-state index is 0.213. The molecule has 6 heteroatoms. The van der Waals surface area contributed by atoms with Crippen molar-refractivity contribution in [2.24, 2.45) is 0 Å². The zero-order valence-corrected chi connectivity index (χ0v) is 33.5. The number of rotatable bonds is 3. The van der Waals surface area contributed by atoms with Crippen molar-refractivity contribution < 1.29 is 0 Å². The molecule has 3 aromatic heterocycles. The molecule has 0 aliphatic rings. The fraction of sp³-hybridized carbons (Fsp3) is 0. The zero-order chi connectivity index (χ0) is 41.9.